The Morgan fingerprint density at radius 1 is 1.17 bits per heavy atom. The average molecular weight is 325 g/mol. The molecule has 0 radical (unpaired) electrons. The van der Waals surface area contributed by atoms with E-state index in [1.165, 1.54) is 0 Å². The minimum absolute atomic E-state index is 0.00635. The number of nitriles is 1. The second kappa shape index (κ2) is 9.27. The van der Waals surface area contributed by atoms with Gasteiger partial charge in [-0.05, 0) is 66.7 Å². The monoisotopic (exact) mass is 324 g/mol. The van der Waals surface area contributed by atoms with Crippen LogP contribution in [0.1, 0.15) is 81.1 Å². The Morgan fingerprint density at radius 2 is 1.74 bits per heavy atom. The van der Waals surface area contributed by atoms with E-state index in [0.717, 1.165) is 12.8 Å². The summed E-state index contributed by atoms with van der Waals surface area (Å²) >= 11 is 0. The summed E-state index contributed by atoms with van der Waals surface area (Å²) in [7, 11) is 0. The van der Waals surface area contributed by atoms with E-state index in [9.17, 15) is 4.79 Å². The van der Waals surface area contributed by atoms with E-state index in [4.69, 9.17) is 10.00 Å². The van der Waals surface area contributed by atoms with E-state index in [1.807, 2.05) is 20.8 Å². The Balaban J connectivity index is 4.28. The molecule has 1 amide bonds. The standard InChI is InChI=1S/C19H36N2O2/c1-14(2)11-16(4)23-19(7,8)12-15(3)21-17(22)9-10-18(5,6)13-20/h14-16H,9-12H2,1-8H3,(H,21,22). The third-order valence-corrected chi connectivity index (χ3v) is 3.81. The quantitative estimate of drug-likeness (QED) is 0.646. The molecule has 0 heterocycles. The molecule has 2 unspecified atom stereocenters. The molecule has 0 aromatic heterocycles. The third-order valence-electron chi connectivity index (χ3n) is 3.81. The van der Waals surface area contributed by atoms with Gasteiger partial charge in [0, 0.05) is 12.5 Å². The number of hydrogen-bond donors (Lipinski definition) is 1. The van der Waals surface area contributed by atoms with Crippen molar-refractivity contribution in [3.8, 4) is 6.07 Å². The lowest BCUT2D eigenvalue weighted by Crippen LogP contribution is -2.41. The Bertz CT molecular complexity index is 408. The molecule has 0 spiro atoms. The van der Waals surface area contributed by atoms with Gasteiger partial charge in [-0.2, -0.15) is 5.26 Å². The molecule has 0 aliphatic rings. The SMILES string of the molecule is CC(C)CC(C)OC(C)(C)CC(C)NC(=O)CCC(C)(C)C#N. The zero-order chi connectivity index (χ0) is 18.3. The molecule has 2 atom stereocenters. The van der Waals surface area contributed by atoms with Crippen LogP contribution in [-0.4, -0.2) is 23.7 Å². The summed E-state index contributed by atoms with van der Waals surface area (Å²) in [6, 6.07) is 2.28. The highest BCUT2D eigenvalue weighted by atomic mass is 16.5. The predicted molar refractivity (Wildman–Crippen MR) is 94.9 cm³/mol. The van der Waals surface area contributed by atoms with Crippen molar-refractivity contribution in [2.75, 3.05) is 0 Å². The van der Waals surface area contributed by atoms with Gasteiger partial charge in [-0.25, -0.2) is 0 Å². The van der Waals surface area contributed by atoms with Crippen LogP contribution in [0.25, 0.3) is 0 Å². The van der Waals surface area contributed by atoms with Crippen LogP contribution < -0.4 is 5.32 Å². The van der Waals surface area contributed by atoms with Crippen LogP contribution in [0.2, 0.25) is 0 Å². The van der Waals surface area contributed by atoms with Gasteiger partial charge in [0.15, 0.2) is 0 Å². The van der Waals surface area contributed by atoms with E-state index in [1.54, 1.807) is 0 Å². The first-order chi connectivity index (χ1) is 10.4. The molecule has 23 heavy (non-hydrogen) atoms. The van der Waals surface area contributed by atoms with Crippen molar-refractivity contribution < 1.29 is 9.53 Å². The fourth-order valence-corrected chi connectivity index (χ4v) is 2.92. The Hall–Kier alpha value is -1.08. The number of hydrogen-bond acceptors (Lipinski definition) is 3. The van der Waals surface area contributed by atoms with Gasteiger partial charge >= 0.3 is 0 Å². The van der Waals surface area contributed by atoms with Gasteiger partial charge in [0.25, 0.3) is 0 Å². The van der Waals surface area contributed by atoms with Crippen molar-refractivity contribution in [2.24, 2.45) is 11.3 Å². The minimum atomic E-state index is -0.449. The van der Waals surface area contributed by atoms with Crippen LogP contribution in [0.4, 0.5) is 0 Å². The maximum atomic E-state index is 12.0. The molecule has 1 N–H and O–H groups in total. The van der Waals surface area contributed by atoms with E-state index in [2.05, 4.69) is 46.0 Å². The van der Waals surface area contributed by atoms with E-state index >= 15 is 0 Å². The summed E-state index contributed by atoms with van der Waals surface area (Å²) < 4.78 is 6.14. The molecular formula is C19H36N2O2. The van der Waals surface area contributed by atoms with Gasteiger partial charge in [-0.3, -0.25) is 4.79 Å². The molecule has 0 aliphatic carbocycles. The van der Waals surface area contributed by atoms with Gasteiger partial charge in [0.05, 0.1) is 23.2 Å². The molecule has 0 fully saturated rings. The average Bonchev–Trinajstić information content (AvgIpc) is 2.33. The molecule has 4 nitrogen and oxygen atoms in total. The normalized spacial score (nSPS) is 15.1. The number of ether oxygens (including phenoxy) is 1. The lowest BCUT2D eigenvalue weighted by molar-refractivity contribution is -0.123. The maximum Gasteiger partial charge on any atom is 0.220 e. The molecule has 0 aromatic carbocycles. The minimum Gasteiger partial charge on any atom is -0.373 e. The number of nitrogens with one attached hydrogen (secondary N) is 1. The number of amides is 1. The topological polar surface area (TPSA) is 62.1 Å². The Kier molecular flexibility index (Phi) is 8.84. The largest absolute Gasteiger partial charge is 0.373 e. The number of carbonyl (C=O) groups excluding carboxylic acids is 1. The van der Waals surface area contributed by atoms with Crippen molar-refractivity contribution in [1.29, 1.82) is 5.26 Å². The second-order valence-corrected chi connectivity index (χ2v) is 8.49. The van der Waals surface area contributed by atoms with Crippen LogP contribution in [0.5, 0.6) is 0 Å². The molecule has 0 rings (SSSR count). The van der Waals surface area contributed by atoms with Crippen molar-refractivity contribution in [3.05, 3.63) is 0 Å². The summed E-state index contributed by atoms with van der Waals surface area (Å²) in [4.78, 5) is 12.0. The summed E-state index contributed by atoms with van der Waals surface area (Å²) in [6.07, 6.45) is 2.98. The molecule has 0 aromatic rings. The maximum absolute atomic E-state index is 12.0. The summed E-state index contributed by atoms with van der Waals surface area (Å²) in [6.45, 7) is 16.4. The second-order valence-electron chi connectivity index (χ2n) is 8.49. The molecular weight excluding hydrogens is 288 g/mol. The highest BCUT2D eigenvalue weighted by molar-refractivity contribution is 5.76. The van der Waals surface area contributed by atoms with Crippen molar-refractivity contribution >= 4 is 5.91 Å². The molecule has 134 valence electrons. The summed E-state index contributed by atoms with van der Waals surface area (Å²) in [5, 5.41) is 12.0. The molecule has 0 bridgehead atoms. The fourth-order valence-electron chi connectivity index (χ4n) is 2.92. The summed E-state index contributed by atoms with van der Waals surface area (Å²) in [5.74, 6) is 0.619. The van der Waals surface area contributed by atoms with Crippen LogP contribution in [0.3, 0.4) is 0 Å². The van der Waals surface area contributed by atoms with Crippen LogP contribution in [-0.2, 0) is 9.53 Å². The molecule has 0 aliphatic heterocycles. The van der Waals surface area contributed by atoms with Gasteiger partial charge in [-0.1, -0.05) is 13.8 Å². The predicted octanol–water partition coefficient (Wildman–Crippen LogP) is 4.44. The lowest BCUT2D eigenvalue weighted by atomic mass is 9.89. The van der Waals surface area contributed by atoms with Gasteiger partial charge in [-0.15, -0.1) is 0 Å². The molecule has 0 saturated heterocycles. The third kappa shape index (κ3) is 11.1. The zero-order valence-electron chi connectivity index (χ0n) is 16.3. The number of carbonyl (C=O) groups is 1. The van der Waals surface area contributed by atoms with Gasteiger partial charge in [0.1, 0.15) is 0 Å². The first-order valence-corrected chi connectivity index (χ1v) is 8.75. The van der Waals surface area contributed by atoms with Crippen molar-refractivity contribution in [1.82, 2.24) is 5.32 Å². The van der Waals surface area contributed by atoms with Crippen LogP contribution in [0, 0.1) is 22.7 Å². The molecule has 0 saturated carbocycles. The lowest BCUT2D eigenvalue weighted by Gasteiger charge is -2.32. The van der Waals surface area contributed by atoms with E-state index < -0.39 is 5.41 Å². The van der Waals surface area contributed by atoms with Crippen LogP contribution in [0.15, 0.2) is 0 Å². The first kappa shape index (κ1) is 21.9. The van der Waals surface area contributed by atoms with Crippen LogP contribution >= 0.6 is 0 Å². The van der Waals surface area contributed by atoms with Gasteiger partial charge in [0.2, 0.25) is 5.91 Å². The highest BCUT2D eigenvalue weighted by Crippen LogP contribution is 2.23. The van der Waals surface area contributed by atoms with Crippen molar-refractivity contribution in [2.45, 2.75) is 98.8 Å². The number of nitrogens with zero attached hydrogens (tertiary/aromatic N) is 1. The summed E-state index contributed by atoms with van der Waals surface area (Å²) in [5.41, 5.74) is -0.720. The fraction of sp³-hybridized carbons (Fsp3) is 0.895. The van der Waals surface area contributed by atoms with E-state index in [0.29, 0.717) is 18.8 Å². The Morgan fingerprint density at radius 3 is 2.22 bits per heavy atom. The first-order valence-electron chi connectivity index (χ1n) is 8.75. The van der Waals surface area contributed by atoms with Gasteiger partial charge < -0.3 is 10.1 Å². The van der Waals surface area contributed by atoms with Crippen molar-refractivity contribution in [3.63, 3.8) is 0 Å². The highest BCUT2D eigenvalue weighted by Gasteiger charge is 2.26. The van der Waals surface area contributed by atoms with E-state index in [-0.39, 0.29) is 23.7 Å². The zero-order valence-corrected chi connectivity index (χ0v) is 16.3. The smallest absolute Gasteiger partial charge is 0.220 e. The molecule has 4 heteroatoms. The number of rotatable bonds is 10. The Labute approximate surface area is 143 Å².